The number of nitrogens with one attached hydrogen (secondary N) is 1. The summed E-state index contributed by atoms with van der Waals surface area (Å²) < 4.78 is 0. The highest BCUT2D eigenvalue weighted by molar-refractivity contribution is 5.97. The number of aromatic amines is 1. The predicted molar refractivity (Wildman–Crippen MR) is 70.3 cm³/mol. The summed E-state index contributed by atoms with van der Waals surface area (Å²) in [4.78, 5) is 16.3. The molecule has 1 unspecified atom stereocenters. The van der Waals surface area contributed by atoms with Gasteiger partial charge in [0.05, 0.1) is 11.4 Å². The minimum absolute atomic E-state index is 0.0999. The Labute approximate surface area is 107 Å². The second-order valence-corrected chi connectivity index (χ2v) is 5.09. The molecule has 3 N–H and O–H groups in total. The maximum absolute atomic E-state index is 12.3. The average molecular weight is 251 g/mol. The minimum atomic E-state index is -0.0999. The van der Waals surface area contributed by atoms with Gasteiger partial charge in [-0.05, 0) is 33.4 Å². The first-order chi connectivity index (χ1) is 8.50. The summed E-state index contributed by atoms with van der Waals surface area (Å²) >= 11 is 0. The van der Waals surface area contributed by atoms with Crippen LogP contribution in [0.2, 0.25) is 0 Å². The van der Waals surface area contributed by atoms with Crippen molar-refractivity contribution in [3.63, 3.8) is 0 Å². The molecule has 0 aliphatic carbocycles. The maximum atomic E-state index is 12.3. The Morgan fingerprint density at radius 2 is 2.33 bits per heavy atom. The van der Waals surface area contributed by atoms with Gasteiger partial charge >= 0.3 is 0 Å². The van der Waals surface area contributed by atoms with Gasteiger partial charge in [-0.15, -0.1) is 0 Å². The third-order valence-corrected chi connectivity index (χ3v) is 3.66. The Hall–Kier alpha value is -1.56. The molecule has 1 aliphatic heterocycles. The zero-order valence-electron chi connectivity index (χ0n) is 11.2. The smallest absolute Gasteiger partial charge is 0.276 e. The van der Waals surface area contributed by atoms with Gasteiger partial charge in [0.2, 0.25) is 0 Å². The van der Waals surface area contributed by atoms with E-state index in [-0.39, 0.29) is 11.9 Å². The van der Waals surface area contributed by atoms with Crippen molar-refractivity contribution in [2.45, 2.75) is 25.8 Å². The first-order valence-corrected chi connectivity index (χ1v) is 6.27. The van der Waals surface area contributed by atoms with Crippen molar-refractivity contribution < 1.29 is 4.79 Å². The lowest BCUT2D eigenvalue weighted by Crippen LogP contribution is -2.47. The summed E-state index contributed by atoms with van der Waals surface area (Å²) in [6, 6.07) is 0.243. The van der Waals surface area contributed by atoms with E-state index >= 15 is 0 Å². The summed E-state index contributed by atoms with van der Waals surface area (Å²) in [6.45, 7) is 3.82. The van der Waals surface area contributed by atoms with E-state index < -0.39 is 0 Å². The molecule has 100 valence electrons. The molecule has 1 fully saturated rings. The molecule has 2 heterocycles. The quantitative estimate of drug-likeness (QED) is 0.800. The normalized spacial score (nSPS) is 20.9. The number of nitrogens with zero attached hydrogens (tertiary/aromatic N) is 3. The number of likely N-dealkylation sites (tertiary alicyclic amines) is 1. The van der Waals surface area contributed by atoms with Gasteiger partial charge < -0.3 is 15.5 Å². The number of carbonyl (C=O) groups excluding carboxylic acids is 1. The molecule has 2 rings (SSSR count). The topological polar surface area (TPSA) is 78.2 Å². The van der Waals surface area contributed by atoms with Crippen molar-refractivity contribution >= 4 is 11.6 Å². The van der Waals surface area contributed by atoms with Gasteiger partial charge in [0, 0.05) is 19.6 Å². The van der Waals surface area contributed by atoms with Gasteiger partial charge in [-0.25, -0.2) is 0 Å². The Bertz CT molecular complexity index is 442. The van der Waals surface area contributed by atoms with Crippen molar-refractivity contribution in [2.24, 2.45) is 0 Å². The van der Waals surface area contributed by atoms with E-state index in [1.807, 2.05) is 14.0 Å². The average Bonchev–Trinajstić information content (AvgIpc) is 2.68. The van der Waals surface area contributed by atoms with Crippen LogP contribution in [0.15, 0.2) is 0 Å². The van der Waals surface area contributed by atoms with Crippen molar-refractivity contribution in [2.75, 3.05) is 32.9 Å². The Balaban J connectivity index is 2.11. The van der Waals surface area contributed by atoms with E-state index in [1.54, 1.807) is 4.90 Å². The molecule has 1 atom stereocenters. The monoisotopic (exact) mass is 251 g/mol. The van der Waals surface area contributed by atoms with Crippen LogP contribution in [-0.2, 0) is 0 Å². The molecule has 0 radical (unpaired) electrons. The maximum Gasteiger partial charge on any atom is 0.276 e. The summed E-state index contributed by atoms with van der Waals surface area (Å²) in [5, 5.41) is 6.75. The standard InChI is InChI=1S/C12H21N5O/c1-8-10(13)11(15-14-8)12(18)17(3)9-5-4-6-16(2)7-9/h9H,4-7,13H2,1-3H3,(H,14,15). The van der Waals surface area contributed by atoms with Gasteiger partial charge in [0.15, 0.2) is 5.69 Å². The first-order valence-electron chi connectivity index (χ1n) is 6.27. The molecule has 0 saturated carbocycles. The number of aromatic nitrogens is 2. The second kappa shape index (κ2) is 4.97. The van der Waals surface area contributed by atoms with Gasteiger partial charge in [0.25, 0.3) is 5.91 Å². The van der Waals surface area contributed by atoms with Gasteiger partial charge in [-0.2, -0.15) is 5.10 Å². The molecule has 0 spiro atoms. The fraction of sp³-hybridized carbons (Fsp3) is 0.667. The van der Waals surface area contributed by atoms with Crippen LogP contribution in [0.3, 0.4) is 0 Å². The molecule has 1 aliphatic rings. The number of amides is 1. The summed E-state index contributed by atoms with van der Waals surface area (Å²) in [5.41, 5.74) is 7.38. The van der Waals surface area contributed by atoms with Crippen LogP contribution in [0.5, 0.6) is 0 Å². The Morgan fingerprint density at radius 3 is 2.89 bits per heavy atom. The number of likely N-dealkylation sites (N-methyl/N-ethyl adjacent to an activating group) is 2. The van der Waals surface area contributed by atoms with Crippen molar-refractivity contribution in [3.05, 3.63) is 11.4 Å². The van der Waals surface area contributed by atoms with E-state index in [0.29, 0.717) is 11.4 Å². The van der Waals surface area contributed by atoms with Crippen LogP contribution in [0, 0.1) is 6.92 Å². The lowest BCUT2D eigenvalue weighted by atomic mass is 10.0. The molecule has 6 nitrogen and oxygen atoms in total. The number of hydrogen-bond donors (Lipinski definition) is 2. The van der Waals surface area contributed by atoms with Crippen LogP contribution < -0.4 is 5.73 Å². The molecule has 1 aromatic rings. The molecule has 18 heavy (non-hydrogen) atoms. The lowest BCUT2D eigenvalue weighted by molar-refractivity contribution is 0.0639. The highest BCUT2D eigenvalue weighted by Gasteiger charge is 2.27. The number of carbonyl (C=O) groups is 1. The highest BCUT2D eigenvalue weighted by Crippen LogP contribution is 2.19. The number of hydrogen-bond acceptors (Lipinski definition) is 4. The molecular weight excluding hydrogens is 230 g/mol. The highest BCUT2D eigenvalue weighted by atomic mass is 16.2. The van der Waals surface area contributed by atoms with E-state index in [1.165, 1.54) is 0 Å². The predicted octanol–water partition coefficient (Wildman–Crippen LogP) is 0.467. The molecular formula is C12H21N5O. The number of rotatable bonds is 2. The Kier molecular flexibility index (Phi) is 3.56. The largest absolute Gasteiger partial charge is 0.395 e. The molecule has 1 aromatic heterocycles. The van der Waals surface area contributed by atoms with Crippen LogP contribution in [0.25, 0.3) is 0 Å². The van der Waals surface area contributed by atoms with Crippen molar-refractivity contribution in [1.82, 2.24) is 20.0 Å². The summed E-state index contributed by atoms with van der Waals surface area (Å²) in [5.74, 6) is -0.0999. The number of anilines is 1. The van der Waals surface area contributed by atoms with Gasteiger partial charge in [0.1, 0.15) is 0 Å². The Morgan fingerprint density at radius 1 is 1.61 bits per heavy atom. The summed E-state index contributed by atoms with van der Waals surface area (Å²) in [6.07, 6.45) is 2.16. The number of piperidine rings is 1. The van der Waals surface area contributed by atoms with Crippen molar-refractivity contribution in [3.8, 4) is 0 Å². The fourth-order valence-corrected chi connectivity index (χ4v) is 2.39. The SMILES string of the molecule is Cc1[nH]nc(C(=O)N(C)C2CCCN(C)C2)c1N. The molecule has 6 heteroatoms. The number of nitrogen functional groups attached to an aromatic ring is 1. The van der Waals surface area contributed by atoms with Crippen LogP contribution in [0.1, 0.15) is 29.0 Å². The number of nitrogens with two attached hydrogens (primary N) is 1. The lowest BCUT2D eigenvalue weighted by Gasteiger charge is -2.35. The molecule has 1 amide bonds. The minimum Gasteiger partial charge on any atom is -0.395 e. The summed E-state index contributed by atoms with van der Waals surface area (Å²) in [7, 11) is 3.91. The van der Waals surface area contributed by atoms with Gasteiger partial charge in [-0.3, -0.25) is 9.89 Å². The van der Waals surface area contributed by atoms with Crippen LogP contribution in [0.4, 0.5) is 5.69 Å². The number of H-pyrrole nitrogens is 1. The third-order valence-electron chi connectivity index (χ3n) is 3.66. The molecule has 1 saturated heterocycles. The van der Waals surface area contributed by atoms with Crippen molar-refractivity contribution in [1.29, 1.82) is 0 Å². The molecule has 0 bridgehead atoms. The first kappa shape index (κ1) is 12.9. The number of aryl methyl sites for hydroxylation is 1. The van der Waals surface area contributed by atoms with Gasteiger partial charge in [-0.1, -0.05) is 0 Å². The zero-order valence-corrected chi connectivity index (χ0v) is 11.2. The second-order valence-electron chi connectivity index (χ2n) is 5.09. The molecule has 0 aromatic carbocycles. The zero-order chi connectivity index (χ0) is 13.3. The van der Waals surface area contributed by atoms with E-state index in [2.05, 4.69) is 22.1 Å². The van der Waals surface area contributed by atoms with Crippen LogP contribution in [-0.4, -0.2) is 59.1 Å². The van der Waals surface area contributed by atoms with Crippen LogP contribution >= 0.6 is 0 Å². The van der Waals surface area contributed by atoms with E-state index in [4.69, 9.17) is 5.73 Å². The van der Waals surface area contributed by atoms with E-state index in [9.17, 15) is 4.79 Å². The third kappa shape index (κ3) is 2.33. The van der Waals surface area contributed by atoms with E-state index in [0.717, 1.165) is 31.6 Å². The fourth-order valence-electron chi connectivity index (χ4n) is 2.39.